The minimum atomic E-state index is -1.62. The van der Waals surface area contributed by atoms with Crippen molar-refractivity contribution in [3.63, 3.8) is 0 Å². The largest absolute Gasteiger partial charge is 0.394 e. The Labute approximate surface area is 143 Å². The zero-order valence-corrected chi connectivity index (χ0v) is 13.8. The van der Waals surface area contributed by atoms with Crippen LogP contribution in [-0.2, 0) is 19.0 Å². The molecule has 0 aliphatic carbocycles. The lowest BCUT2D eigenvalue weighted by Crippen LogP contribution is -2.66. The highest BCUT2D eigenvalue weighted by atomic mass is 16.7. The van der Waals surface area contributed by atoms with Crippen molar-refractivity contribution in [2.45, 2.75) is 75.2 Å². The summed E-state index contributed by atoms with van der Waals surface area (Å²) in [6, 6.07) is -1.24. The minimum Gasteiger partial charge on any atom is -0.394 e. The molecule has 2 rings (SSSR count). The molecule has 10 atom stereocenters. The topological polar surface area (TPSA) is 178 Å². The highest BCUT2D eigenvalue weighted by molar-refractivity contribution is 5.73. The molecule has 7 N–H and O–H groups in total. The molecule has 0 aromatic carbocycles. The second-order valence-electron chi connectivity index (χ2n) is 6.25. The van der Waals surface area contributed by atoms with E-state index in [1.807, 2.05) is 0 Å². The van der Waals surface area contributed by atoms with Crippen LogP contribution in [0.2, 0.25) is 0 Å². The molecule has 0 aromatic rings. The van der Waals surface area contributed by atoms with Gasteiger partial charge in [0.2, 0.25) is 5.91 Å². The summed E-state index contributed by atoms with van der Waals surface area (Å²) in [6.07, 6.45) is -12.3. The van der Waals surface area contributed by atoms with E-state index in [0.29, 0.717) is 0 Å². The molecule has 2 aliphatic rings. The maximum Gasteiger partial charge on any atom is 0.217 e. The molecule has 0 spiro atoms. The van der Waals surface area contributed by atoms with Crippen molar-refractivity contribution in [1.82, 2.24) is 5.32 Å². The fourth-order valence-corrected chi connectivity index (χ4v) is 2.92. The second kappa shape index (κ2) is 8.20. The van der Waals surface area contributed by atoms with E-state index in [0.717, 1.165) is 0 Å². The van der Waals surface area contributed by atoms with E-state index in [-0.39, 0.29) is 0 Å². The van der Waals surface area contributed by atoms with Crippen molar-refractivity contribution in [2.24, 2.45) is 0 Å². The Kier molecular flexibility index (Phi) is 6.70. The first kappa shape index (κ1) is 20.4. The Hall–Kier alpha value is -0.890. The molecule has 2 aliphatic heterocycles. The van der Waals surface area contributed by atoms with E-state index in [9.17, 15) is 35.4 Å². The standard InChI is InChI=1S/C14H25NO10/c1-4-8(18)10(20)11(21)14(23-4)25-12-6(3-16)24-13(22)7(9(12)19)15-5(2)17/h4,6-14,16,18-22H,3H2,1-2H3,(H,15,17)/t4-,6?,7?,8?,9?,10?,11-,12+,13+,14?/m0/s1. The molecular formula is C14H25NO10. The predicted molar refractivity (Wildman–Crippen MR) is 78.8 cm³/mol. The van der Waals surface area contributed by atoms with Crippen LogP contribution in [0.4, 0.5) is 0 Å². The van der Waals surface area contributed by atoms with Crippen LogP contribution >= 0.6 is 0 Å². The Bertz CT molecular complexity index is 465. The van der Waals surface area contributed by atoms with Gasteiger partial charge in [0.15, 0.2) is 12.6 Å². The van der Waals surface area contributed by atoms with Crippen molar-refractivity contribution in [1.29, 1.82) is 0 Å². The SMILES string of the molecule is CC(=O)NC1C(O)[C@H](OC2O[C@@H](C)C(O)C(O)[C@@H]2O)C(CO)O[C@H]1O. The van der Waals surface area contributed by atoms with Crippen molar-refractivity contribution in [2.75, 3.05) is 6.61 Å². The fraction of sp³-hybridized carbons (Fsp3) is 0.929. The predicted octanol–water partition coefficient (Wildman–Crippen LogP) is -4.23. The van der Waals surface area contributed by atoms with Gasteiger partial charge in [-0.15, -0.1) is 0 Å². The quantitative estimate of drug-likeness (QED) is 0.257. The number of amides is 1. The summed E-state index contributed by atoms with van der Waals surface area (Å²) in [5, 5.41) is 61.5. The average Bonchev–Trinajstić information content (AvgIpc) is 2.56. The highest BCUT2D eigenvalue weighted by Crippen LogP contribution is 2.28. The summed E-state index contributed by atoms with van der Waals surface area (Å²) in [4.78, 5) is 11.2. The van der Waals surface area contributed by atoms with E-state index in [1.165, 1.54) is 13.8 Å². The highest BCUT2D eigenvalue weighted by Gasteiger charge is 2.50. The molecule has 1 amide bonds. The van der Waals surface area contributed by atoms with Crippen LogP contribution in [-0.4, -0.2) is 105 Å². The van der Waals surface area contributed by atoms with Crippen molar-refractivity contribution < 1.29 is 49.6 Å². The van der Waals surface area contributed by atoms with Gasteiger partial charge in [-0.1, -0.05) is 0 Å². The number of aliphatic hydroxyl groups excluding tert-OH is 6. The van der Waals surface area contributed by atoms with E-state index < -0.39 is 73.9 Å². The summed E-state index contributed by atoms with van der Waals surface area (Å²) in [6.45, 7) is 2.01. The number of nitrogens with one attached hydrogen (secondary N) is 1. The summed E-state index contributed by atoms with van der Waals surface area (Å²) in [5.41, 5.74) is 0. The molecule has 25 heavy (non-hydrogen) atoms. The summed E-state index contributed by atoms with van der Waals surface area (Å²) in [5.74, 6) is -0.533. The lowest BCUT2D eigenvalue weighted by atomic mass is 9.95. The van der Waals surface area contributed by atoms with Crippen molar-refractivity contribution in [3.8, 4) is 0 Å². The van der Waals surface area contributed by atoms with Gasteiger partial charge in [-0.2, -0.15) is 0 Å². The summed E-state index contributed by atoms with van der Waals surface area (Å²) >= 11 is 0. The lowest BCUT2D eigenvalue weighted by molar-refractivity contribution is -0.341. The Morgan fingerprint density at radius 2 is 1.68 bits per heavy atom. The first-order valence-corrected chi connectivity index (χ1v) is 7.92. The first-order chi connectivity index (χ1) is 11.7. The van der Waals surface area contributed by atoms with Gasteiger partial charge >= 0.3 is 0 Å². The van der Waals surface area contributed by atoms with Gasteiger partial charge in [0.25, 0.3) is 0 Å². The lowest BCUT2D eigenvalue weighted by Gasteiger charge is -2.46. The van der Waals surface area contributed by atoms with Crippen LogP contribution in [0.3, 0.4) is 0 Å². The molecule has 0 saturated carbocycles. The second-order valence-corrected chi connectivity index (χ2v) is 6.25. The summed E-state index contributed by atoms with van der Waals surface area (Å²) < 4.78 is 15.9. The average molecular weight is 367 g/mol. The van der Waals surface area contributed by atoms with Crippen LogP contribution in [0.1, 0.15) is 13.8 Å². The van der Waals surface area contributed by atoms with Crippen molar-refractivity contribution >= 4 is 5.91 Å². The summed E-state index contributed by atoms with van der Waals surface area (Å²) in [7, 11) is 0. The van der Waals surface area contributed by atoms with Gasteiger partial charge in [-0.25, -0.2) is 0 Å². The van der Waals surface area contributed by atoms with Gasteiger partial charge < -0.3 is 50.2 Å². The van der Waals surface area contributed by atoms with Crippen LogP contribution in [0.15, 0.2) is 0 Å². The van der Waals surface area contributed by atoms with Gasteiger partial charge in [-0.05, 0) is 6.92 Å². The molecule has 0 bridgehead atoms. The smallest absolute Gasteiger partial charge is 0.217 e. The third-order valence-corrected chi connectivity index (χ3v) is 4.34. The Balaban J connectivity index is 2.15. The zero-order valence-electron chi connectivity index (χ0n) is 13.8. The molecule has 146 valence electrons. The third kappa shape index (κ3) is 4.27. The van der Waals surface area contributed by atoms with E-state index >= 15 is 0 Å². The number of aliphatic hydroxyl groups is 6. The molecule has 11 heteroatoms. The number of ether oxygens (including phenoxy) is 3. The molecule has 2 fully saturated rings. The van der Waals surface area contributed by atoms with Gasteiger partial charge in [0, 0.05) is 6.92 Å². The number of rotatable bonds is 4. The number of carbonyl (C=O) groups is 1. The molecule has 0 aromatic heterocycles. The Morgan fingerprint density at radius 1 is 1.04 bits per heavy atom. The van der Waals surface area contributed by atoms with Gasteiger partial charge in [0.1, 0.15) is 42.7 Å². The molecular weight excluding hydrogens is 342 g/mol. The monoisotopic (exact) mass is 367 g/mol. The van der Waals surface area contributed by atoms with Crippen LogP contribution < -0.4 is 5.32 Å². The molecule has 2 heterocycles. The molecule has 6 unspecified atom stereocenters. The minimum absolute atomic E-state index is 0.533. The molecule has 11 nitrogen and oxygen atoms in total. The molecule has 0 radical (unpaired) electrons. The van der Waals surface area contributed by atoms with E-state index in [1.54, 1.807) is 0 Å². The zero-order chi connectivity index (χ0) is 18.9. The first-order valence-electron chi connectivity index (χ1n) is 7.92. The number of carbonyl (C=O) groups excluding carboxylic acids is 1. The van der Waals surface area contributed by atoms with Crippen LogP contribution in [0, 0.1) is 0 Å². The van der Waals surface area contributed by atoms with Crippen LogP contribution in [0.25, 0.3) is 0 Å². The van der Waals surface area contributed by atoms with Gasteiger partial charge in [0.05, 0.1) is 12.7 Å². The number of hydrogen-bond acceptors (Lipinski definition) is 10. The normalized spacial score (nSPS) is 48.2. The van der Waals surface area contributed by atoms with Crippen LogP contribution in [0.5, 0.6) is 0 Å². The molecule has 2 saturated heterocycles. The van der Waals surface area contributed by atoms with E-state index in [4.69, 9.17) is 14.2 Å². The fourth-order valence-electron chi connectivity index (χ4n) is 2.92. The maximum absolute atomic E-state index is 11.2. The van der Waals surface area contributed by atoms with E-state index in [2.05, 4.69) is 5.32 Å². The Morgan fingerprint density at radius 3 is 2.24 bits per heavy atom. The van der Waals surface area contributed by atoms with Crippen molar-refractivity contribution in [3.05, 3.63) is 0 Å². The number of hydrogen-bond donors (Lipinski definition) is 7. The van der Waals surface area contributed by atoms with Gasteiger partial charge in [-0.3, -0.25) is 4.79 Å². The maximum atomic E-state index is 11.2. The third-order valence-electron chi connectivity index (χ3n) is 4.34.